The highest BCUT2D eigenvalue weighted by Crippen LogP contribution is 2.27. The number of nitrogens with one attached hydrogen (secondary N) is 2. The number of hydrogen-bond donors (Lipinski definition) is 2. The predicted octanol–water partition coefficient (Wildman–Crippen LogP) is 0.314. The van der Waals surface area contributed by atoms with Crippen LogP contribution in [0.2, 0.25) is 0 Å². The molecule has 0 radical (unpaired) electrons. The van der Waals surface area contributed by atoms with E-state index >= 15 is 0 Å². The first-order chi connectivity index (χ1) is 7.09. The first-order valence-electron chi connectivity index (χ1n) is 5.79. The van der Waals surface area contributed by atoms with Crippen LogP contribution < -0.4 is 10.0 Å². The normalized spacial score (nSPS) is 32.1. The van der Waals surface area contributed by atoms with Crippen molar-refractivity contribution in [1.29, 1.82) is 0 Å². The average molecular weight is 232 g/mol. The maximum absolute atomic E-state index is 11.5. The van der Waals surface area contributed by atoms with Gasteiger partial charge in [0.25, 0.3) is 0 Å². The minimum atomic E-state index is -2.97. The van der Waals surface area contributed by atoms with Gasteiger partial charge in [-0.25, -0.2) is 13.1 Å². The zero-order valence-corrected chi connectivity index (χ0v) is 10.0. The maximum atomic E-state index is 11.5. The molecular formula is C10H20N2O2S. The fourth-order valence-electron chi connectivity index (χ4n) is 2.13. The van der Waals surface area contributed by atoms with Crippen LogP contribution >= 0.6 is 0 Å². The highest BCUT2D eigenvalue weighted by Gasteiger charge is 2.35. The van der Waals surface area contributed by atoms with Gasteiger partial charge in [0.05, 0.1) is 5.25 Å². The van der Waals surface area contributed by atoms with Crippen LogP contribution in [0.5, 0.6) is 0 Å². The molecule has 1 saturated heterocycles. The topological polar surface area (TPSA) is 58.2 Å². The van der Waals surface area contributed by atoms with E-state index in [1.54, 1.807) is 0 Å². The van der Waals surface area contributed by atoms with E-state index < -0.39 is 10.0 Å². The van der Waals surface area contributed by atoms with E-state index in [4.69, 9.17) is 0 Å². The van der Waals surface area contributed by atoms with Crippen molar-refractivity contribution >= 4 is 10.0 Å². The van der Waals surface area contributed by atoms with Gasteiger partial charge < -0.3 is 5.32 Å². The first kappa shape index (κ1) is 11.4. The molecule has 0 spiro atoms. The molecule has 1 heterocycles. The Morgan fingerprint density at radius 1 is 1.33 bits per heavy atom. The number of hydrogen-bond acceptors (Lipinski definition) is 3. The SMILES string of the molecule is C[C@@H]1CNC[C@H]1CCNS(=O)(=O)C1CC1. The molecule has 2 atom stereocenters. The van der Waals surface area contributed by atoms with Crippen LogP contribution in [0.25, 0.3) is 0 Å². The molecule has 0 aromatic heterocycles. The summed E-state index contributed by atoms with van der Waals surface area (Å²) in [5.74, 6) is 1.31. The molecule has 1 saturated carbocycles. The summed E-state index contributed by atoms with van der Waals surface area (Å²) in [6.45, 7) is 4.93. The van der Waals surface area contributed by atoms with E-state index in [0.717, 1.165) is 32.4 Å². The summed E-state index contributed by atoms with van der Waals surface area (Å²) >= 11 is 0. The molecule has 2 aliphatic rings. The van der Waals surface area contributed by atoms with Crippen LogP contribution in [0, 0.1) is 11.8 Å². The Morgan fingerprint density at radius 3 is 2.60 bits per heavy atom. The van der Waals surface area contributed by atoms with Crippen molar-refractivity contribution in [2.75, 3.05) is 19.6 Å². The summed E-state index contributed by atoms with van der Waals surface area (Å²) in [4.78, 5) is 0. The van der Waals surface area contributed by atoms with E-state index in [1.807, 2.05) is 0 Å². The van der Waals surface area contributed by atoms with Gasteiger partial charge in [0.1, 0.15) is 0 Å². The Balaban J connectivity index is 1.70. The van der Waals surface area contributed by atoms with Crippen LogP contribution in [-0.2, 0) is 10.0 Å². The van der Waals surface area contributed by atoms with E-state index in [0.29, 0.717) is 18.4 Å². The Labute approximate surface area is 91.9 Å². The molecule has 4 nitrogen and oxygen atoms in total. The van der Waals surface area contributed by atoms with Crippen molar-refractivity contribution in [2.24, 2.45) is 11.8 Å². The van der Waals surface area contributed by atoms with Crippen LogP contribution in [0.15, 0.2) is 0 Å². The van der Waals surface area contributed by atoms with Crippen molar-refractivity contribution in [2.45, 2.75) is 31.4 Å². The van der Waals surface area contributed by atoms with Gasteiger partial charge in [-0.1, -0.05) is 6.92 Å². The molecule has 88 valence electrons. The second-order valence-corrected chi connectivity index (χ2v) is 6.87. The molecule has 2 fully saturated rings. The Kier molecular flexibility index (Phi) is 3.33. The smallest absolute Gasteiger partial charge is 0.214 e. The molecular weight excluding hydrogens is 212 g/mol. The summed E-state index contributed by atoms with van der Waals surface area (Å²) in [5, 5.41) is 3.24. The van der Waals surface area contributed by atoms with Gasteiger partial charge in [-0.2, -0.15) is 0 Å². The lowest BCUT2D eigenvalue weighted by atomic mass is 9.95. The van der Waals surface area contributed by atoms with Gasteiger partial charge in [0.15, 0.2) is 0 Å². The lowest BCUT2D eigenvalue weighted by Crippen LogP contribution is -2.30. The van der Waals surface area contributed by atoms with E-state index in [9.17, 15) is 8.42 Å². The number of rotatable bonds is 5. The second kappa shape index (κ2) is 4.39. The highest BCUT2D eigenvalue weighted by molar-refractivity contribution is 7.90. The van der Waals surface area contributed by atoms with E-state index in [1.165, 1.54) is 0 Å². The van der Waals surface area contributed by atoms with Crippen molar-refractivity contribution in [3.63, 3.8) is 0 Å². The third kappa shape index (κ3) is 2.92. The molecule has 1 aliphatic heterocycles. The quantitative estimate of drug-likeness (QED) is 0.717. The molecule has 15 heavy (non-hydrogen) atoms. The molecule has 0 aromatic rings. The third-order valence-corrected chi connectivity index (χ3v) is 5.41. The van der Waals surface area contributed by atoms with Gasteiger partial charge in [-0.05, 0) is 44.2 Å². The minimum absolute atomic E-state index is 0.0865. The summed E-state index contributed by atoms with van der Waals surface area (Å²) in [6, 6.07) is 0. The predicted molar refractivity (Wildman–Crippen MR) is 60.1 cm³/mol. The molecule has 5 heteroatoms. The fourth-order valence-corrected chi connectivity index (χ4v) is 3.53. The molecule has 0 aromatic carbocycles. The summed E-state index contributed by atoms with van der Waals surface area (Å²) < 4.78 is 25.8. The van der Waals surface area contributed by atoms with Crippen LogP contribution in [0.1, 0.15) is 26.2 Å². The Hall–Kier alpha value is -0.130. The van der Waals surface area contributed by atoms with E-state index in [2.05, 4.69) is 17.0 Å². The van der Waals surface area contributed by atoms with Gasteiger partial charge in [-0.15, -0.1) is 0 Å². The standard InChI is InChI=1S/C10H20N2O2S/c1-8-6-11-7-9(8)4-5-12-15(13,14)10-2-3-10/h8-12H,2-7H2,1H3/t8-,9-/m1/s1. The van der Waals surface area contributed by atoms with Crippen LogP contribution in [0.3, 0.4) is 0 Å². The lowest BCUT2D eigenvalue weighted by Gasteiger charge is -2.14. The summed E-state index contributed by atoms with van der Waals surface area (Å²) in [6.07, 6.45) is 2.65. The Morgan fingerprint density at radius 2 is 2.07 bits per heavy atom. The number of sulfonamides is 1. The summed E-state index contributed by atoms with van der Waals surface area (Å²) in [5.41, 5.74) is 0. The summed E-state index contributed by atoms with van der Waals surface area (Å²) in [7, 11) is -2.97. The van der Waals surface area contributed by atoms with Crippen molar-refractivity contribution < 1.29 is 8.42 Å². The largest absolute Gasteiger partial charge is 0.316 e. The first-order valence-corrected chi connectivity index (χ1v) is 7.33. The van der Waals surface area contributed by atoms with Crippen molar-refractivity contribution in [1.82, 2.24) is 10.0 Å². The van der Waals surface area contributed by atoms with Crippen LogP contribution in [-0.4, -0.2) is 33.3 Å². The van der Waals surface area contributed by atoms with Gasteiger partial charge in [0, 0.05) is 6.54 Å². The zero-order valence-electron chi connectivity index (χ0n) is 9.20. The molecule has 0 amide bonds. The van der Waals surface area contributed by atoms with Crippen molar-refractivity contribution in [3.8, 4) is 0 Å². The lowest BCUT2D eigenvalue weighted by molar-refractivity contribution is 0.421. The fraction of sp³-hybridized carbons (Fsp3) is 1.00. The highest BCUT2D eigenvalue weighted by atomic mass is 32.2. The molecule has 2 rings (SSSR count). The molecule has 0 unspecified atom stereocenters. The Bertz CT molecular complexity index is 311. The van der Waals surface area contributed by atoms with E-state index in [-0.39, 0.29) is 5.25 Å². The van der Waals surface area contributed by atoms with Crippen molar-refractivity contribution in [3.05, 3.63) is 0 Å². The van der Waals surface area contributed by atoms with Gasteiger partial charge >= 0.3 is 0 Å². The molecule has 1 aliphatic carbocycles. The average Bonchev–Trinajstić information content (AvgIpc) is 2.94. The zero-order chi connectivity index (χ0) is 10.9. The third-order valence-electron chi connectivity index (χ3n) is 3.46. The molecule has 2 N–H and O–H groups in total. The van der Waals surface area contributed by atoms with Gasteiger partial charge in [0.2, 0.25) is 10.0 Å². The minimum Gasteiger partial charge on any atom is -0.316 e. The second-order valence-electron chi connectivity index (χ2n) is 4.82. The maximum Gasteiger partial charge on any atom is 0.214 e. The molecule has 0 bridgehead atoms. The van der Waals surface area contributed by atoms with Gasteiger partial charge in [-0.3, -0.25) is 0 Å². The van der Waals surface area contributed by atoms with Crippen LogP contribution in [0.4, 0.5) is 0 Å². The monoisotopic (exact) mass is 232 g/mol.